The number of thioether (sulfide) groups is 1. The zero-order valence-corrected chi connectivity index (χ0v) is 13.4. The lowest BCUT2D eigenvalue weighted by atomic mass is 10.1. The molecule has 0 bridgehead atoms. The molecule has 2 N–H and O–H groups in total. The van der Waals surface area contributed by atoms with E-state index in [0.29, 0.717) is 0 Å². The topological polar surface area (TPSA) is 70.7 Å². The van der Waals surface area contributed by atoms with Crippen molar-refractivity contribution in [2.45, 2.75) is 17.2 Å². The predicted molar refractivity (Wildman–Crippen MR) is 92.2 cm³/mol. The first-order chi connectivity index (χ1) is 11.2. The summed E-state index contributed by atoms with van der Waals surface area (Å²) in [5.41, 5.74) is 1.60. The first-order valence-electron chi connectivity index (χ1n) is 7.21. The Morgan fingerprint density at radius 2 is 1.96 bits per heavy atom. The highest BCUT2D eigenvalue weighted by molar-refractivity contribution is 8.00. The Kier molecular flexibility index (Phi) is 4.73. The molecule has 3 rings (SSSR count). The van der Waals surface area contributed by atoms with E-state index in [1.807, 2.05) is 49.4 Å². The lowest BCUT2D eigenvalue weighted by Crippen LogP contribution is -2.22. The number of hydrogen-bond acceptors (Lipinski definition) is 4. The Hall–Kier alpha value is -2.60. The quantitative estimate of drug-likeness (QED) is 0.704. The highest BCUT2D eigenvalue weighted by atomic mass is 32.2. The average molecular weight is 324 g/mol. The third kappa shape index (κ3) is 3.78. The van der Waals surface area contributed by atoms with Crippen LogP contribution in [0.5, 0.6) is 0 Å². The van der Waals surface area contributed by atoms with Crippen molar-refractivity contribution < 1.29 is 4.79 Å². The van der Waals surface area contributed by atoms with Crippen molar-refractivity contribution in [2.24, 2.45) is 0 Å². The molecule has 5 nitrogen and oxygen atoms in total. The fourth-order valence-electron chi connectivity index (χ4n) is 2.10. The number of H-pyrrole nitrogens is 1. The molecular formula is C17H16N4OS. The number of pyridine rings is 1. The van der Waals surface area contributed by atoms with Gasteiger partial charge in [0.2, 0.25) is 5.91 Å². The molecule has 116 valence electrons. The Morgan fingerprint density at radius 1 is 1.13 bits per heavy atom. The van der Waals surface area contributed by atoms with Crippen molar-refractivity contribution in [3.8, 4) is 11.4 Å². The number of nitrogens with one attached hydrogen (secondary N) is 2. The Balaban J connectivity index is 1.73. The van der Waals surface area contributed by atoms with E-state index in [4.69, 9.17) is 0 Å². The zero-order valence-electron chi connectivity index (χ0n) is 12.6. The number of anilines is 1. The second-order valence-corrected chi connectivity index (χ2v) is 6.26. The van der Waals surface area contributed by atoms with Gasteiger partial charge in [0.1, 0.15) is 5.82 Å². The zero-order chi connectivity index (χ0) is 16.1. The van der Waals surface area contributed by atoms with Crippen molar-refractivity contribution in [3.63, 3.8) is 0 Å². The molecule has 23 heavy (non-hydrogen) atoms. The molecule has 1 aromatic carbocycles. The molecule has 2 aromatic heterocycles. The van der Waals surface area contributed by atoms with Crippen LogP contribution >= 0.6 is 11.8 Å². The molecule has 0 aliphatic rings. The van der Waals surface area contributed by atoms with Gasteiger partial charge in [0.25, 0.3) is 0 Å². The van der Waals surface area contributed by atoms with Gasteiger partial charge in [0, 0.05) is 24.2 Å². The number of amides is 1. The Bertz CT molecular complexity index is 774. The van der Waals surface area contributed by atoms with E-state index in [9.17, 15) is 4.79 Å². The summed E-state index contributed by atoms with van der Waals surface area (Å²) in [6, 6.07) is 13.3. The summed E-state index contributed by atoms with van der Waals surface area (Å²) < 4.78 is 0. The molecular weight excluding hydrogens is 308 g/mol. The summed E-state index contributed by atoms with van der Waals surface area (Å²) in [6.07, 6.45) is 5.17. The van der Waals surface area contributed by atoms with Crippen molar-refractivity contribution in [3.05, 3.63) is 61.1 Å². The van der Waals surface area contributed by atoms with Crippen LogP contribution in [0, 0.1) is 0 Å². The number of carbonyl (C=O) groups is 1. The van der Waals surface area contributed by atoms with E-state index >= 15 is 0 Å². The van der Waals surface area contributed by atoms with Gasteiger partial charge >= 0.3 is 0 Å². The number of carbonyl (C=O) groups excluding carboxylic acids is 1. The molecule has 1 unspecified atom stereocenters. The molecule has 0 fully saturated rings. The first-order valence-corrected chi connectivity index (χ1v) is 8.09. The number of imidazole rings is 1. The van der Waals surface area contributed by atoms with Crippen LogP contribution in [0.3, 0.4) is 0 Å². The van der Waals surface area contributed by atoms with Crippen molar-refractivity contribution in [1.29, 1.82) is 0 Å². The predicted octanol–water partition coefficient (Wildman–Crippen LogP) is 3.59. The van der Waals surface area contributed by atoms with Gasteiger partial charge in [-0.25, -0.2) is 9.97 Å². The summed E-state index contributed by atoms with van der Waals surface area (Å²) in [5, 5.41) is 3.54. The van der Waals surface area contributed by atoms with Gasteiger partial charge < -0.3 is 10.3 Å². The number of rotatable bonds is 5. The minimum atomic E-state index is -0.255. The standard InChI is InChI=1S/C17H16N4OS/c1-12(23-15-8-4-5-9-18-15)17(22)21-14-7-3-2-6-13(14)16-19-10-11-20-16/h2-12H,1H3,(H,19,20)(H,21,22). The van der Waals surface area contributed by atoms with Gasteiger partial charge in [-0.3, -0.25) is 4.79 Å². The summed E-state index contributed by atoms with van der Waals surface area (Å²) >= 11 is 1.43. The van der Waals surface area contributed by atoms with Crippen molar-refractivity contribution in [2.75, 3.05) is 5.32 Å². The van der Waals surface area contributed by atoms with Crippen molar-refractivity contribution in [1.82, 2.24) is 15.0 Å². The summed E-state index contributed by atoms with van der Waals surface area (Å²) in [5.74, 6) is 0.658. The molecule has 0 saturated heterocycles. The minimum absolute atomic E-state index is 0.0698. The molecule has 3 aromatic rings. The van der Waals surface area contributed by atoms with Crippen LogP contribution in [0.25, 0.3) is 11.4 Å². The second kappa shape index (κ2) is 7.11. The van der Waals surface area contributed by atoms with Crippen LogP contribution in [0.4, 0.5) is 5.69 Å². The van der Waals surface area contributed by atoms with Crippen LogP contribution in [-0.4, -0.2) is 26.1 Å². The van der Waals surface area contributed by atoms with Crippen LogP contribution in [-0.2, 0) is 4.79 Å². The largest absolute Gasteiger partial charge is 0.345 e. The number of para-hydroxylation sites is 1. The minimum Gasteiger partial charge on any atom is -0.345 e. The smallest absolute Gasteiger partial charge is 0.237 e. The maximum Gasteiger partial charge on any atom is 0.237 e. The van der Waals surface area contributed by atoms with E-state index in [0.717, 1.165) is 22.1 Å². The SMILES string of the molecule is CC(Sc1ccccn1)C(=O)Nc1ccccc1-c1ncc[nH]1. The van der Waals surface area contributed by atoms with Crippen molar-refractivity contribution >= 4 is 23.4 Å². The van der Waals surface area contributed by atoms with Crippen LogP contribution in [0.2, 0.25) is 0 Å². The molecule has 2 heterocycles. The van der Waals surface area contributed by atoms with Gasteiger partial charge in [-0.1, -0.05) is 30.0 Å². The molecule has 0 aliphatic heterocycles. The fourth-order valence-corrected chi connectivity index (χ4v) is 2.90. The number of hydrogen-bond donors (Lipinski definition) is 2. The maximum absolute atomic E-state index is 12.4. The molecule has 0 radical (unpaired) electrons. The lowest BCUT2D eigenvalue weighted by molar-refractivity contribution is -0.115. The number of nitrogens with zero attached hydrogens (tertiary/aromatic N) is 2. The fraction of sp³-hybridized carbons (Fsp3) is 0.118. The number of aromatic amines is 1. The molecule has 0 saturated carbocycles. The maximum atomic E-state index is 12.4. The van der Waals surface area contributed by atoms with Gasteiger partial charge in [-0.2, -0.15) is 0 Å². The second-order valence-electron chi connectivity index (χ2n) is 4.90. The summed E-state index contributed by atoms with van der Waals surface area (Å²) in [6.45, 7) is 1.87. The van der Waals surface area contributed by atoms with E-state index in [1.54, 1.807) is 18.6 Å². The third-order valence-corrected chi connectivity index (χ3v) is 4.29. The third-order valence-electron chi connectivity index (χ3n) is 3.24. The summed E-state index contributed by atoms with van der Waals surface area (Å²) in [4.78, 5) is 24.0. The molecule has 0 spiro atoms. The Labute approximate surface area is 138 Å². The average Bonchev–Trinajstić information content (AvgIpc) is 3.10. The van der Waals surface area contributed by atoms with Gasteiger partial charge in [0.15, 0.2) is 0 Å². The summed E-state index contributed by atoms with van der Waals surface area (Å²) in [7, 11) is 0. The molecule has 1 amide bonds. The van der Waals surface area contributed by atoms with E-state index in [-0.39, 0.29) is 11.2 Å². The normalized spacial score (nSPS) is 11.9. The van der Waals surface area contributed by atoms with E-state index in [1.165, 1.54) is 11.8 Å². The van der Waals surface area contributed by atoms with E-state index in [2.05, 4.69) is 20.3 Å². The highest BCUT2D eigenvalue weighted by Gasteiger charge is 2.17. The van der Waals surface area contributed by atoms with Crippen LogP contribution in [0.1, 0.15) is 6.92 Å². The van der Waals surface area contributed by atoms with Crippen LogP contribution < -0.4 is 5.32 Å². The lowest BCUT2D eigenvalue weighted by Gasteiger charge is -2.13. The van der Waals surface area contributed by atoms with E-state index < -0.39 is 0 Å². The number of benzene rings is 1. The first kappa shape index (κ1) is 15.3. The molecule has 6 heteroatoms. The van der Waals surface area contributed by atoms with Gasteiger partial charge in [-0.15, -0.1) is 0 Å². The molecule has 0 aliphatic carbocycles. The Morgan fingerprint density at radius 3 is 2.70 bits per heavy atom. The van der Waals surface area contributed by atoms with Gasteiger partial charge in [0.05, 0.1) is 16.0 Å². The molecule has 1 atom stereocenters. The van der Waals surface area contributed by atoms with Crippen LogP contribution in [0.15, 0.2) is 66.1 Å². The number of aromatic nitrogens is 3. The van der Waals surface area contributed by atoms with Gasteiger partial charge in [-0.05, 0) is 31.2 Å². The highest BCUT2D eigenvalue weighted by Crippen LogP contribution is 2.27. The monoisotopic (exact) mass is 324 g/mol.